The van der Waals surface area contributed by atoms with E-state index in [4.69, 9.17) is 14.5 Å². The number of hydrogen-bond donors (Lipinski definition) is 7. The van der Waals surface area contributed by atoms with Crippen molar-refractivity contribution < 1.29 is 71.4 Å². The van der Waals surface area contributed by atoms with E-state index < -0.39 is 59.5 Å². The Morgan fingerprint density at radius 3 is 2.26 bits per heavy atom. The normalized spacial score (nSPS) is 23.9. The first-order valence-electron chi connectivity index (χ1n) is 11.4. The highest BCUT2D eigenvalue weighted by molar-refractivity contribution is 7.66. The van der Waals surface area contributed by atoms with Crippen LogP contribution in [0.3, 0.4) is 0 Å². The van der Waals surface area contributed by atoms with Crippen LogP contribution in [-0.4, -0.2) is 88.7 Å². The standard InChI is InChI=1S/C18H19N6O16P3/c25-13-10(5-37-42(33,34)40-43(35,36)39-41(30,31)32)38-18(14(13)26)23-6-19-12-15(23)20-7-22-16(12)21-11(17(22)27)8-1-3-9(4-2-8)24(28)29/h1-4,6-7,10,13-14,18,25-27H,5H2,(H,33,34)(H,35,36)(H2,30,31,32)/t10-,13-,14-,18-/m1/s1. The first kappa shape index (κ1) is 31.2. The van der Waals surface area contributed by atoms with Gasteiger partial charge in [0.15, 0.2) is 23.0 Å². The molecule has 4 aromatic rings. The molecule has 0 bridgehead atoms. The number of ether oxygens (including phenoxy) is 1. The van der Waals surface area contributed by atoms with Crippen LogP contribution in [0.4, 0.5) is 5.69 Å². The summed E-state index contributed by atoms with van der Waals surface area (Å²) in [5.41, 5.74) is 0.443. The highest BCUT2D eigenvalue weighted by Gasteiger charge is 2.47. The summed E-state index contributed by atoms with van der Waals surface area (Å²) in [6, 6.07) is 5.23. The minimum Gasteiger partial charge on any atom is -0.493 e. The van der Waals surface area contributed by atoms with Crippen LogP contribution in [0.15, 0.2) is 36.9 Å². The summed E-state index contributed by atoms with van der Waals surface area (Å²) in [5.74, 6) is -0.355. The van der Waals surface area contributed by atoms with E-state index in [1.165, 1.54) is 33.2 Å². The fraction of sp³-hybridized carbons (Fsp3) is 0.278. The number of aromatic hydroxyl groups is 1. The van der Waals surface area contributed by atoms with Gasteiger partial charge in [-0.25, -0.2) is 28.6 Å². The second kappa shape index (κ2) is 11.1. The van der Waals surface area contributed by atoms with Crippen molar-refractivity contribution in [2.75, 3.05) is 6.61 Å². The molecule has 7 N–H and O–H groups in total. The fourth-order valence-electron chi connectivity index (χ4n) is 4.14. The Balaban J connectivity index is 1.36. The van der Waals surface area contributed by atoms with E-state index in [1.807, 2.05) is 0 Å². The average molecular weight is 668 g/mol. The van der Waals surface area contributed by atoms with E-state index in [2.05, 4.69) is 28.1 Å². The molecule has 4 heterocycles. The van der Waals surface area contributed by atoms with Crippen molar-refractivity contribution >= 4 is 46.0 Å². The maximum atomic E-state index is 12.0. The average Bonchev–Trinajstić information content (AvgIpc) is 3.55. The molecule has 3 aromatic heterocycles. The maximum absolute atomic E-state index is 12.0. The molecule has 0 amide bonds. The lowest BCUT2D eigenvalue weighted by Crippen LogP contribution is -2.33. The van der Waals surface area contributed by atoms with Gasteiger partial charge in [0.2, 0.25) is 5.88 Å². The van der Waals surface area contributed by atoms with E-state index in [0.29, 0.717) is 5.56 Å². The van der Waals surface area contributed by atoms with E-state index in [1.54, 1.807) is 0 Å². The van der Waals surface area contributed by atoms with Crippen LogP contribution in [0, 0.1) is 10.1 Å². The highest BCUT2D eigenvalue weighted by Crippen LogP contribution is 2.66. The molecule has 5 rings (SSSR count). The molecule has 6 atom stereocenters. The fourth-order valence-corrected chi connectivity index (χ4v) is 7.17. The molecule has 1 saturated heterocycles. The van der Waals surface area contributed by atoms with E-state index in [9.17, 15) is 48.9 Å². The Bertz CT molecular complexity index is 1860. The Kier molecular flexibility index (Phi) is 8.03. The van der Waals surface area contributed by atoms with Crippen molar-refractivity contribution in [2.24, 2.45) is 0 Å². The minimum absolute atomic E-state index is 0.0394. The van der Waals surface area contributed by atoms with Crippen molar-refractivity contribution in [1.29, 1.82) is 0 Å². The van der Waals surface area contributed by atoms with Crippen LogP contribution in [0.1, 0.15) is 6.23 Å². The van der Waals surface area contributed by atoms with Crippen LogP contribution in [-0.2, 0) is 31.6 Å². The van der Waals surface area contributed by atoms with Gasteiger partial charge in [-0.05, 0) is 12.1 Å². The smallest absolute Gasteiger partial charge is 0.490 e. The number of aliphatic hydroxyl groups excluding tert-OH is 2. The lowest BCUT2D eigenvalue weighted by atomic mass is 10.1. The zero-order valence-corrected chi connectivity index (χ0v) is 23.5. The number of imidazole rings is 2. The summed E-state index contributed by atoms with van der Waals surface area (Å²) in [7, 11) is -16.9. The number of rotatable bonds is 10. The van der Waals surface area contributed by atoms with Crippen molar-refractivity contribution in [3.63, 3.8) is 0 Å². The number of non-ortho nitro benzene ring substituents is 1. The molecular formula is C18H19N6O16P3. The monoisotopic (exact) mass is 668 g/mol. The van der Waals surface area contributed by atoms with E-state index in [0.717, 1.165) is 12.7 Å². The minimum atomic E-state index is -5.78. The number of nitrogens with zero attached hydrogens (tertiary/aromatic N) is 6. The number of nitro benzene ring substituents is 1. The summed E-state index contributed by atoms with van der Waals surface area (Å²) < 4.78 is 53.8. The highest BCUT2D eigenvalue weighted by atomic mass is 31.3. The summed E-state index contributed by atoms with van der Waals surface area (Å²) in [6.45, 7) is -1.03. The number of fused-ring (bicyclic) bond motifs is 3. The van der Waals surface area contributed by atoms with Crippen LogP contribution >= 0.6 is 23.5 Å². The van der Waals surface area contributed by atoms with Crippen LogP contribution < -0.4 is 0 Å². The predicted molar refractivity (Wildman–Crippen MR) is 136 cm³/mol. The second-order valence-corrected chi connectivity index (χ2v) is 13.2. The van der Waals surface area contributed by atoms with Crippen LogP contribution in [0.2, 0.25) is 0 Å². The van der Waals surface area contributed by atoms with Crippen molar-refractivity contribution in [3.8, 4) is 17.1 Å². The van der Waals surface area contributed by atoms with Crippen LogP contribution in [0.5, 0.6) is 5.88 Å². The molecule has 1 fully saturated rings. The molecule has 1 aliphatic heterocycles. The molecule has 0 spiro atoms. The number of benzene rings is 1. The molecule has 1 aliphatic rings. The number of phosphoric acid groups is 3. The zero-order chi connectivity index (χ0) is 31.5. The first-order valence-corrected chi connectivity index (χ1v) is 16.0. The van der Waals surface area contributed by atoms with E-state index >= 15 is 0 Å². The Hall–Kier alpha value is -3.20. The molecule has 232 valence electrons. The van der Waals surface area contributed by atoms with Gasteiger partial charge in [-0.2, -0.15) is 8.62 Å². The summed E-state index contributed by atoms with van der Waals surface area (Å²) in [6.07, 6.45) is -4.16. The number of hydrogen-bond acceptors (Lipinski definition) is 15. The van der Waals surface area contributed by atoms with E-state index in [-0.39, 0.29) is 34.1 Å². The summed E-state index contributed by atoms with van der Waals surface area (Å²) in [5, 5.41) is 42.7. The van der Waals surface area contributed by atoms with Gasteiger partial charge in [0.05, 0.1) is 17.9 Å². The number of aliphatic hydroxyl groups is 2. The zero-order valence-electron chi connectivity index (χ0n) is 20.8. The molecule has 1 aromatic carbocycles. The number of nitro groups is 1. The molecule has 25 heteroatoms. The summed E-state index contributed by atoms with van der Waals surface area (Å²) >= 11 is 0. The van der Waals surface area contributed by atoms with Crippen molar-refractivity contribution in [1.82, 2.24) is 23.9 Å². The van der Waals surface area contributed by atoms with Crippen molar-refractivity contribution in [3.05, 3.63) is 47.0 Å². The van der Waals surface area contributed by atoms with Gasteiger partial charge in [-0.3, -0.25) is 23.6 Å². The lowest BCUT2D eigenvalue weighted by Gasteiger charge is -2.19. The van der Waals surface area contributed by atoms with Gasteiger partial charge >= 0.3 is 23.5 Å². The van der Waals surface area contributed by atoms with Gasteiger partial charge in [0.1, 0.15) is 30.3 Å². The molecule has 43 heavy (non-hydrogen) atoms. The molecule has 0 radical (unpaired) electrons. The largest absolute Gasteiger partial charge is 0.493 e. The van der Waals surface area contributed by atoms with Crippen LogP contribution in [0.25, 0.3) is 28.1 Å². The molecule has 0 aliphatic carbocycles. The van der Waals surface area contributed by atoms with Gasteiger partial charge < -0.3 is 39.6 Å². The Morgan fingerprint density at radius 2 is 1.63 bits per heavy atom. The topological polar surface area (TPSA) is 321 Å². The maximum Gasteiger partial charge on any atom is 0.490 e. The lowest BCUT2D eigenvalue weighted by molar-refractivity contribution is -0.384. The molecular weight excluding hydrogens is 649 g/mol. The SMILES string of the molecule is O=[N+]([O-])c1ccc(-c2nc3c4ncn([C@@H]5O[C@H](COP(=O)(O)OP(=O)(O)OP(=O)(O)O)[C@@H](O)[C@H]5O)c4ncn3c2O)cc1. The van der Waals surface area contributed by atoms with Gasteiger partial charge in [-0.1, -0.05) is 0 Å². The quantitative estimate of drug-likeness (QED) is 0.0679. The Labute approximate surface area is 237 Å². The number of aromatic nitrogens is 5. The first-order chi connectivity index (χ1) is 20.0. The van der Waals surface area contributed by atoms with Gasteiger partial charge in [0.25, 0.3) is 5.69 Å². The molecule has 0 saturated carbocycles. The van der Waals surface area contributed by atoms with Gasteiger partial charge in [-0.15, -0.1) is 0 Å². The third-order valence-electron chi connectivity index (χ3n) is 5.94. The third-order valence-corrected chi connectivity index (χ3v) is 9.74. The molecule has 2 unspecified atom stereocenters. The van der Waals surface area contributed by atoms with Crippen molar-refractivity contribution in [2.45, 2.75) is 24.5 Å². The second-order valence-electron chi connectivity index (χ2n) is 8.78. The third kappa shape index (κ3) is 6.37. The molecule has 22 nitrogen and oxygen atoms in total. The Morgan fingerprint density at radius 1 is 0.953 bits per heavy atom. The van der Waals surface area contributed by atoms with Gasteiger partial charge in [0, 0.05) is 17.7 Å². The number of phosphoric ester groups is 1. The summed E-state index contributed by atoms with van der Waals surface area (Å²) in [4.78, 5) is 59.2. The predicted octanol–water partition coefficient (Wildman–Crippen LogP) is 0.322.